The van der Waals surface area contributed by atoms with Crippen LogP contribution in [0.1, 0.15) is 21.7 Å². The number of amides is 1. The molecule has 0 radical (unpaired) electrons. The van der Waals surface area contributed by atoms with E-state index in [1.54, 1.807) is 16.7 Å². The number of para-hydroxylation sites is 1. The average Bonchev–Trinajstić information content (AvgIpc) is 3.45. The number of thiazole rings is 2. The molecule has 2 aromatic carbocycles. The van der Waals surface area contributed by atoms with Crippen molar-refractivity contribution < 1.29 is 9.21 Å². The number of carbonyl (C=O) groups excluding carboxylic acids is 1. The number of anilines is 1. The van der Waals surface area contributed by atoms with E-state index in [0.29, 0.717) is 23.0 Å². The maximum Gasteiger partial charge on any atom is 0.260 e. The molecule has 0 spiro atoms. The van der Waals surface area contributed by atoms with Crippen LogP contribution in [0.2, 0.25) is 0 Å². The molecule has 7 heteroatoms. The number of carbonyl (C=O) groups is 1. The smallest absolute Gasteiger partial charge is 0.260 e. The molecule has 0 fully saturated rings. The van der Waals surface area contributed by atoms with Crippen LogP contribution in [0.3, 0.4) is 0 Å². The highest BCUT2D eigenvalue weighted by atomic mass is 32.1. The normalized spacial score (nSPS) is 11.3. The van der Waals surface area contributed by atoms with Crippen molar-refractivity contribution in [3.63, 3.8) is 0 Å². The summed E-state index contributed by atoms with van der Waals surface area (Å²) >= 11 is 3.04. The first-order chi connectivity index (χ1) is 13.7. The van der Waals surface area contributed by atoms with E-state index in [2.05, 4.69) is 4.98 Å². The number of furan rings is 1. The van der Waals surface area contributed by atoms with Gasteiger partial charge in [0.1, 0.15) is 5.76 Å². The standard InChI is InChI=1S/C21H15N3O2S2/c1-13-4-2-6-17-19(13)23-21(28-17)24(11-15-5-3-9-26-15)20(25)14-7-8-16-18(10-14)27-12-22-16/h2-10,12H,11H2,1H3. The van der Waals surface area contributed by atoms with E-state index in [0.717, 1.165) is 26.0 Å². The Hall–Kier alpha value is -3.03. The van der Waals surface area contributed by atoms with Crippen LogP contribution in [0, 0.1) is 6.92 Å². The largest absolute Gasteiger partial charge is 0.467 e. The van der Waals surface area contributed by atoms with Gasteiger partial charge in [-0.1, -0.05) is 23.5 Å². The highest BCUT2D eigenvalue weighted by Gasteiger charge is 2.23. The molecule has 0 aliphatic carbocycles. The second-order valence-corrected chi connectivity index (χ2v) is 8.32. The van der Waals surface area contributed by atoms with Crippen molar-refractivity contribution in [1.29, 1.82) is 0 Å². The lowest BCUT2D eigenvalue weighted by molar-refractivity contribution is 0.0983. The second kappa shape index (κ2) is 6.85. The van der Waals surface area contributed by atoms with Crippen molar-refractivity contribution in [3.05, 3.63) is 77.2 Å². The third-order valence-electron chi connectivity index (χ3n) is 4.56. The number of hydrogen-bond acceptors (Lipinski definition) is 6. The lowest BCUT2D eigenvalue weighted by Gasteiger charge is -2.18. The van der Waals surface area contributed by atoms with Crippen LogP contribution in [-0.2, 0) is 6.54 Å². The summed E-state index contributed by atoms with van der Waals surface area (Å²) in [6, 6.07) is 15.4. The highest BCUT2D eigenvalue weighted by Crippen LogP contribution is 2.32. The number of benzene rings is 2. The van der Waals surface area contributed by atoms with E-state index < -0.39 is 0 Å². The Morgan fingerprint density at radius 3 is 2.89 bits per heavy atom. The second-order valence-electron chi connectivity index (χ2n) is 6.42. The first-order valence-corrected chi connectivity index (χ1v) is 10.4. The molecule has 0 unspecified atom stereocenters. The summed E-state index contributed by atoms with van der Waals surface area (Å²) < 4.78 is 7.55. The van der Waals surface area contributed by atoms with Crippen LogP contribution < -0.4 is 4.90 Å². The Kier molecular flexibility index (Phi) is 4.18. The van der Waals surface area contributed by atoms with Gasteiger partial charge in [0.25, 0.3) is 5.91 Å². The summed E-state index contributed by atoms with van der Waals surface area (Å²) in [5, 5.41) is 0.662. The van der Waals surface area contributed by atoms with E-state index in [4.69, 9.17) is 9.40 Å². The summed E-state index contributed by atoms with van der Waals surface area (Å²) in [5.41, 5.74) is 5.32. The molecular formula is C21H15N3O2S2. The number of rotatable bonds is 4. The summed E-state index contributed by atoms with van der Waals surface area (Å²) in [6.45, 7) is 2.35. The maximum absolute atomic E-state index is 13.4. The molecule has 0 aliphatic heterocycles. The first kappa shape index (κ1) is 17.1. The van der Waals surface area contributed by atoms with Crippen LogP contribution in [0.5, 0.6) is 0 Å². The van der Waals surface area contributed by atoms with Crippen molar-refractivity contribution in [3.8, 4) is 0 Å². The van der Waals surface area contributed by atoms with Gasteiger partial charge in [-0.25, -0.2) is 9.97 Å². The topological polar surface area (TPSA) is 59.2 Å². The van der Waals surface area contributed by atoms with Gasteiger partial charge in [-0.05, 0) is 48.9 Å². The van der Waals surface area contributed by atoms with Crippen molar-refractivity contribution in [2.45, 2.75) is 13.5 Å². The third kappa shape index (κ3) is 2.98. The zero-order chi connectivity index (χ0) is 19.1. The molecule has 1 amide bonds. The monoisotopic (exact) mass is 405 g/mol. The minimum atomic E-state index is -0.108. The van der Waals surface area contributed by atoms with E-state index in [1.165, 1.54) is 22.7 Å². The van der Waals surface area contributed by atoms with Gasteiger partial charge in [0.05, 0.1) is 38.8 Å². The Morgan fingerprint density at radius 1 is 1.14 bits per heavy atom. The quantitative estimate of drug-likeness (QED) is 0.387. The molecule has 5 aromatic rings. The van der Waals surface area contributed by atoms with Crippen molar-refractivity contribution in [2.75, 3.05) is 4.90 Å². The first-order valence-electron chi connectivity index (χ1n) is 8.73. The lowest BCUT2D eigenvalue weighted by Crippen LogP contribution is -2.30. The van der Waals surface area contributed by atoms with Crippen molar-refractivity contribution in [2.24, 2.45) is 0 Å². The molecule has 138 valence electrons. The van der Waals surface area contributed by atoms with Gasteiger partial charge in [-0.2, -0.15) is 0 Å². The van der Waals surface area contributed by atoms with Crippen LogP contribution in [-0.4, -0.2) is 15.9 Å². The average molecular weight is 406 g/mol. The minimum absolute atomic E-state index is 0.108. The third-order valence-corrected chi connectivity index (χ3v) is 6.39. The molecule has 3 aromatic heterocycles. The van der Waals surface area contributed by atoms with Gasteiger partial charge in [0.2, 0.25) is 0 Å². The Labute approximate surface area is 168 Å². The lowest BCUT2D eigenvalue weighted by atomic mass is 10.2. The van der Waals surface area contributed by atoms with Gasteiger partial charge >= 0.3 is 0 Å². The van der Waals surface area contributed by atoms with Gasteiger partial charge in [-0.3, -0.25) is 9.69 Å². The van der Waals surface area contributed by atoms with E-state index in [1.807, 2.05) is 55.5 Å². The van der Waals surface area contributed by atoms with Gasteiger partial charge in [-0.15, -0.1) is 11.3 Å². The maximum atomic E-state index is 13.4. The Bertz CT molecular complexity index is 1290. The van der Waals surface area contributed by atoms with E-state index in [-0.39, 0.29) is 5.91 Å². The van der Waals surface area contributed by atoms with Crippen LogP contribution >= 0.6 is 22.7 Å². The Morgan fingerprint density at radius 2 is 2.07 bits per heavy atom. The van der Waals surface area contributed by atoms with Crippen molar-refractivity contribution >= 4 is 54.1 Å². The number of hydrogen-bond donors (Lipinski definition) is 0. The molecule has 0 atom stereocenters. The predicted molar refractivity (Wildman–Crippen MR) is 113 cm³/mol. The molecular weight excluding hydrogens is 390 g/mol. The van der Waals surface area contributed by atoms with Crippen LogP contribution in [0.4, 0.5) is 5.13 Å². The van der Waals surface area contributed by atoms with Gasteiger partial charge in [0.15, 0.2) is 5.13 Å². The molecule has 5 nitrogen and oxygen atoms in total. The van der Waals surface area contributed by atoms with Crippen LogP contribution in [0.25, 0.3) is 20.4 Å². The molecule has 0 N–H and O–H groups in total. The molecule has 5 rings (SSSR count). The van der Waals surface area contributed by atoms with Gasteiger partial charge in [0, 0.05) is 5.56 Å². The Balaban J connectivity index is 1.60. The summed E-state index contributed by atoms with van der Waals surface area (Å²) in [7, 11) is 0. The minimum Gasteiger partial charge on any atom is -0.467 e. The zero-order valence-corrected chi connectivity index (χ0v) is 16.6. The molecule has 0 saturated carbocycles. The molecule has 0 bridgehead atoms. The number of aromatic nitrogens is 2. The SMILES string of the molecule is Cc1cccc2sc(N(Cc3ccco3)C(=O)c3ccc4ncsc4c3)nc12. The molecule has 28 heavy (non-hydrogen) atoms. The van der Waals surface area contributed by atoms with Crippen LogP contribution in [0.15, 0.2) is 64.7 Å². The fourth-order valence-corrected chi connectivity index (χ4v) is 4.88. The van der Waals surface area contributed by atoms with E-state index >= 15 is 0 Å². The van der Waals surface area contributed by atoms with Crippen molar-refractivity contribution in [1.82, 2.24) is 9.97 Å². The number of fused-ring (bicyclic) bond motifs is 2. The summed E-state index contributed by atoms with van der Waals surface area (Å²) in [5.74, 6) is 0.603. The highest BCUT2D eigenvalue weighted by molar-refractivity contribution is 7.22. The van der Waals surface area contributed by atoms with E-state index in [9.17, 15) is 4.79 Å². The number of nitrogens with zero attached hydrogens (tertiary/aromatic N) is 3. The fourth-order valence-electron chi connectivity index (χ4n) is 3.12. The van der Waals surface area contributed by atoms with Gasteiger partial charge < -0.3 is 4.42 Å². The molecule has 0 aliphatic rings. The number of aryl methyl sites for hydroxylation is 1. The molecule has 3 heterocycles. The predicted octanol–water partition coefficient (Wildman–Crippen LogP) is 5.65. The summed E-state index contributed by atoms with van der Waals surface area (Å²) in [6.07, 6.45) is 1.61. The summed E-state index contributed by atoms with van der Waals surface area (Å²) in [4.78, 5) is 24.2. The fraction of sp³-hybridized carbons (Fsp3) is 0.0952. The zero-order valence-electron chi connectivity index (χ0n) is 15.0. The molecule has 0 saturated heterocycles.